The highest BCUT2D eigenvalue weighted by Gasteiger charge is 2.17. The second kappa shape index (κ2) is 11.2. The molecule has 34 heavy (non-hydrogen) atoms. The number of aromatic amines is 1. The van der Waals surface area contributed by atoms with Crippen molar-refractivity contribution in [3.8, 4) is 11.8 Å². The summed E-state index contributed by atoms with van der Waals surface area (Å²) >= 11 is 0. The fourth-order valence-electron chi connectivity index (χ4n) is 3.77. The molecule has 0 radical (unpaired) electrons. The predicted octanol–water partition coefficient (Wildman–Crippen LogP) is 2.67. The van der Waals surface area contributed by atoms with Crippen LogP contribution >= 0.6 is 0 Å². The quantitative estimate of drug-likeness (QED) is 0.399. The van der Waals surface area contributed by atoms with Gasteiger partial charge in [0.05, 0.1) is 13.2 Å². The molecule has 1 aliphatic rings. The van der Waals surface area contributed by atoms with Crippen LogP contribution in [0.5, 0.6) is 5.75 Å². The Balaban J connectivity index is 1.28. The summed E-state index contributed by atoms with van der Waals surface area (Å²) in [7, 11) is 0. The van der Waals surface area contributed by atoms with Crippen molar-refractivity contribution in [3.05, 3.63) is 71.4 Å². The molecular weight excluding hydrogens is 432 g/mol. The average Bonchev–Trinajstić information content (AvgIpc) is 3.30. The zero-order chi connectivity index (χ0) is 23.8. The SMILES string of the molecule is N#C/C(=C/c1ccc(OCC(=O)N2CCOCC2)cc1)C(=O)NCCc1c[nH]c2ccccc12. The molecule has 2 heterocycles. The van der Waals surface area contributed by atoms with Crippen molar-refractivity contribution in [2.45, 2.75) is 6.42 Å². The number of fused-ring (bicyclic) bond motifs is 1. The van der Waals surface area contributed by atoms with Gasteiger partial charge in [0.25, 0.3) is 11.8 Å². The van der Waals surface area contributed by atoms with Gasteiger partial charge >= 0.3 is 0 Å². The van der Waals surface area contributed by atoms with Crippen LogP contribution in [0.2, 0.25) is 0 Å². The molecule has 1 aliphatic heterocycles. The Bertz CT molecular complexity index is 1220. The zero-order valence-corrected chi connectivity index (χ0v) is 18.8. The maximum Gasteiger partial charge on any atom is 0.261 e. The lowest BCUT2D eigenvalue weighted by Crippen LogP contribution is -2.42. The molecule has 0 unspecified atom stereocenters. The van der Waals surface area contributed by atoms with Crippen molar-refractivity contribution in [1.29, 1.82) is 5.26 Å². The predicted molar refractivity (Wildman–Crippen MR) is 128 cm³/mol. The van der Waals surface area contributed by atoms with Crippen molar-refractivity contribution in [2.24, 2.45) is 0 Å². The monoisotopic (exact) mass is 458 g/mol. The molecule has 1 saturated heterocycles. The number of aromatic nitrogens is 1. The zero-order valence-electron chi connectivity index (χ0n) is 18.8. The number of nitrogens with zero attached hydrogens (tertiary/aromatic N) is 2. The number of H-pyrrole nitrogens is 1. The summed E-state index contributed by atoms with van der Waals surface area (Å²) in [6, 6.07) is 16.9. The lowest BCUT2D eigenvalue weighted by atomic mass is 10.1. The van der Waals surface area contributed by atoms with Crippen LogP contribution in [0.4, 0.5) is 0 Å². The fourth-order valence-corrected chi connectivity index (χ4v) is 3.77. The van der Waals surface area contributed by atoms with E-state index in [0.29, 0.717) is 50.6 Å². The van der Waals surface area contributed by atoms with Gasteiger partial charge in [-0.25, -0.2) is 0 Å². The normalized spacial score (nSPS) is 14.0. The smallest absolute Gasteiger partial charge is 0.261 e. The van der Waals surface area contributed by atoms with Gasteiger partial charge in [-0.15, -0.1) is 0 Å². The number of rotatable bonds is 8. The van der Waals surface area contributed by atoms with Gasteiger partial charge in [-0.05, 0) is 41.8 Å². The molecule has 4 rings (SSSR count). The fraction of sp³-hybridized carbons (Fsp3) is 0.269. The summed E-state index contributed by atoms with van der Waals surface area (Å²) in [4.78, 5) is 29.6. The molecule has 0 atom stereocenters. The van der Waals surface area contributed by atoms with E-state index >= 15 is 0 Å². The minimum atomic E-state index is -0.418. The molecule has 2 aromatic carbocycles. The topological polar surface area (TPSA) is 107 Å². The lowest BCUT2D eigenvalue weighted by Gasteiger charge is -2.26. The number of carbonyl (C=O) groups is 2. The number of hydrogen-bond donors (Lipinski definition) is 2. The van der Waals surface area contributed by atoms with Crippen molar-refractivity contribution in [1.82, 2.24) is 15.2 Å². The van der Waals surface area contributed by atoms with Gasteiger partial charge in [0.1, 0.15) is 17.4 Å². The summed E-state index contributed by atoms with van der Waals surface area (Å²) in [5.41, 5.74) is 2.88. The van der Waals surface area contributed by atoms with E-state index in [1.165, 1.54) is 6.08 Å². The van der Waals surface area contributed by atoms with Crippen molar-refractivity contribution < 1.29 is 19.1 Å². The van der Waals surface area contributed by atoms with Crippen LogP contribution in [0, 0.1) is 11.3 Å². The van der Waals surface area contributed by atoms with Crippen LogP contribution in [-0.4, -0.2) is 61.2 Å². The number of hydrogen-bond acceptors (Lipinski definition) is 5. The number of carbonyl (C=O) groups excluding carboxylic acids is 2. The van der Waals surface area contributed by atoms with Crippen LogP contribution in [0.3, 0.4) is 0 Å². The molecule has 1 aromatic heterocycles. The van der Waals surface area contributed by atoms with E-state index in [1.54, 1.807) is 29.2 Å². The average molecular weight is 459 g/mol. The maximum absolute atomic E-state index is 12.5. The molecule has 0 saturated carbocycles. The Morgan fingerprint density at radius 1 is 1.15 bits per heavy atom. The van der Waals surface area contributed by atoms with Gasteiger partial charge in [-0.1, -0.05) is 30.3 Å². The first-order chi connectivity index (χ1) is 16.6. The van der Waals surface area contributed by atoms with Crippen molar-refractivity contribution in [2.75, 3.05) is 39.5 Å². The largest absolute Gasteiger partial charge is 0.484 e. The molecular formula is C26H26N4O4. The van der Waals surface area contributed by atoms with E-state index < -0.39 is 5.91 Å². The molecule has 2 N–H and O–H groups in total. The van der Waals surface area contributed by atoms with Crippen molar-refractivity contribution >= 4 is 28.8 Å². The molecule has 0 bridgehead atoms. The third-order valence-electron chi connectivity index (χ3n) is 5.64. The standard InChI is InChI=1S/C26H26N4O4/c27-16-21(26(32)28-10-9-20-17-29-24-4-2-1-3-23(20)24)15-19-5-7-22(8-6-19)34-18-25(31)30-11-13-33-14-12-30/h1-8,15,17,29H,9-14,18H2,(H,28,32)/b21-15-. The van der Waals surface area contributed by atoms with Gasteiger partial charge in [0.15, 0.2) is 6.61 Å². The van der Waals surface area contributed by atoms with Gasteiger partial charge in [0, 0.05) is 36.7 Å². The van der Waals surface area contributed by atoms with E-state index in [4.69, 9.17) is 9.47 Å². The molecule has 2 amide bonds. The Labute approximate surface area is 197 Å². The Hall–Kier alpha value is -4.09. The first-order valence-electron chi connectivity index (χ1n) is 11.2. The minimum Gasteiger partial charge on any atom is -0.484 e. The van der Waals surface area contributed by atoms with E-state index in [0.717, 1.165) is 16.5 Å². The number of morpholine rings is 1. The first kappa shape index (κ1) is 23.1. The van der Waals surface area contributed by atoms with E-state index in [9.17, 15) is 14.9 Å². The number of para-hydroxylation sites is 1. The van der Waals surface area contributed by atoms with Crippen LogP contribution in [0.25, 0.3) is 17.0 Å². The minimum absolute atomic E-state index is 0.0232. The van der Waals surface area contributed by atoms with Crippen LogP contribution in [-0.2, 0) is 20.7 Å². The van der Waals surface area contributed by atoms with Crippen LogP contribution in [0.15, 0.2) is 60.3 Å². The summed E-state index contributed by atoms with van der Waals surface area (Å²) in [6.07, 6.45) is 4.13. The lowest BCUT2D eigenvalue weighted by molar-refractivity contribution is -0.137. The maximum atomic E-state index is 12.5. The molecule has 1 fully saturated rings. The third-order valence-corrected chi connectivity index (χ3v) is 5.64. The summed E-state index contributed by atoms with van der Waals surface area (Å²) < 4.78 is 10.8. The molecule has 3 aromatic rings. The Kier molecular flexibility index (Phi) is 7.58. The van der Waals surface area contributed by atoms with Crippen LogP contribution in [0.1, 0.15) is 11.1 Å². The highest BCUT2D eigenvalue weighted by Crippen LogP contribution is 2.18. The third kappa shape index (κ3) is 5.82. The van der Waals surface area contributed by atoms with Crippen LogP contribution < -0.4 is 10.1 Å². The molecule has 8 heteroatoms. The number of benzene rings is 2. The van der Waals surface area contributed by atoms with Gasteiger partial charge in [-0.3, -0.25) is 9.59 Å². The molecule has 0 aliphatic carbocycles. The van der Waals surface area contributed by atoms with Gasteiger partial charge < -0.3 is 24.7 Å². The first-order valence-corrected chi connectivity index (χ1v) is 11.2. The van der Waals surface area contributed by atoms with E-state index in [2.05, 4.69) is 10.3 Å². The second-order valence-corrected chi connectivity index (χ2v) is 7.89. The van der Waals surface area contributed by atoms with E-state index in [1.807, 2.05) is 36.5 Å². The highest BCUT2D eigenvalue weighted by atomic mass is 16.5. The summed E-state index contributed by atoms with van der Waals surface area (Å²) in [6.45, 7) is 2.62. The molecule has 0 spiro atoms. The number of nitrogens with one attached hydrogen (secondary N) is 2. The van der Waals surface area contributed by atoms with Gasteiger partial charge in [0.2, 0.25) is 0 Å². The summed E-state index contributed by atoms with van der Waals surface area (Å²) in [5.74, 6) is 0.0440. The van der Waals surface area contributed by atoms with Crippen molar-refractivity contribution in [3.63, 3.8) is 0 Å². The Morgan fingerprint density at radius 2 is 1.91 bits per heavy atom. The summed E-state index contributed by atoms with van der Waals surface area (Å²) in [5, 5.41) is 13.4. The number of nitriles is 1. The highest BCUT2D eigenvalue weighted by molar-refractivity contribution is 6.01. The van der Waals surface area contributed by atoms with Gasteiger partial charge in [-0.2, -0.15) is 5.26 Å². The number of ether oxygens (including phenoxy) is 2. The van der Waals surface area contributed by atoms with E-state index in [-0.39, 0.29) is 18.1 Å². The molecule has 174 valence electrons. The Morgan fingerprint density at radius 3 is 2.68 bits per heavy atom. The second-order valence-electron chi connectivity index (χ2n) is 7.89. The number of amides is 2. The molecule has 8 nitrogen and oxygen atoms in total.